The standard InChI is InChI=1S/C18H14BrFN4O3/c1-10-9-11(19)3-8-14(10)21-16(25)15-17(26)23(2)18(27)24(22-15)13-6-4-12(20)5-7-13/h3-9H,1-2H3,(H,21,25). The van der Waals surface area contributed by atoms with Crippen LogP contribution in [-0.4, -0.2) is 20.3 Å². The van der Waals surface area contributed by atoms with Crippen molar-refractivity contribution in [2.45, 2.75) is 6.92 Å². The third-order valence-electron chi connectivity index (χ3n) is 3.90. The molecule has 0 unspecified atom stereocenters. The third-order valence-corrected chi connectivity index (χ3v) is 4.39. The van der Waals surface area contributed by atoms with E-state index >= 15 is 0 Å². The summed E-state index contributed by atoms with van der Waals surface area (Å²) < 4.78 is 15.6. The number of hydrogen-bond donors (Lipinski definition) is 1. The van der Waals surface area contributed by atoms with Crippen molar-refractivity contribution in [1.29, 1.82) is 0 Å². The lowest BCUT2D eigenvalue weighted by Gasteiger charge is -2.11. The minimum absolute atomic E-state index is 0.228. The van der Waals surface area contributed by atoms with Crippen LogP contribution >= 0.6 is 15.9 Å². The molecular weight excluding hydrogens is 419 g/mol. The SMILES string of the molecule is Cc1cc(Br)ccc1NC(=O)c1nn(-c2ccc(F)cc2)c(=O)n(C)c1=O. The molecule has 1 heterocycles. The monoisotopic (exact) mass is 432 g/mol. The number of carbonyl (C=O) groups excluding carboxylic acids is 1. The average Bonchev–Trinajstić information content (AvgIpc) is 2.63. The quantitative estimate of drug-likeness (QED) is 0.688. The molecule has 3 rings (SSSR count). The summed E-state index contributed by atoms with van der Waals surface area (Å²) in [6.07, 6.45) is 0. The molecule has 0 fully saturated rings. The molecule has 3 aromatic rings. The summed E-state index contributed by atoms with van der Waals surface area (Å²) in [5.74, 6) is -1.24. The molecule has 27 heavy (non-hydrogen) atoms. The van der Waals surface area contributed by atoms with E-state index in [-0.39, 0.29) is 5.69 Å². The molecule has 0 atom stereocenters. The Bertz CT molecular complexity index is 1150. The molecule has 1 aromatic heterocycles. The van der Waals surface area contributed by atoms with E-state index in [1.165, 1.54) is 19.2 Å². The molecule has 0 saturated carbocycles. The first-order chi connectivity index (χ1) is 12.8. The Morgan fingerprint density at radius 1 is 1.15 bits per heavy atom. The van der Waals surface area contributed by atoms with Crippen molar-refractivity contribution in [3.8, 4) is 5.69 Å². The average molecular weight is 433 g/mol. The first-order valence-corrected chi connectivity index (χ1v) is 8.61. The molecule has 0 radical (unpaired) electrons. The molecule has 0 aliphatic heterocycles. The van der Waals surface area contributed by atoms with Crippen LogP contribution < -0.4 is 16.6 Å². The molecule has 7 nitrogen and oxygen atoms in total. The van der Waals surface area contributed by atoms with Gasteiger partial charge in [-0.1, -0.05) is 15.9 Å². The number of anilines is 1. The van der Waals surface area contributed by atoms with Crippen LogP contribution in [0.1, 0.15) is 16.1 Å². The molecule has 9 heteroatoms. The van der Waals surface area contributed by atoms with E-state index in [9.17, 15) is 18.8 Å². The zero-order valence-corrected chi connectivity index (χ0v) is 15.9. The lowest BCUT2D eigenvalue weighted by molar-refractivity contribution is 0.101. The number of aryl methyl sites for hydroxylation is 1. The zero-order valence-electron chi connectivity index (χ0n) is 14.4. The number of nitrogens with one attached hydrogen (secondary N) is 1. The van der Waals surface area contributed by atoms with Crippen molar-refractivity contribution in [2.24, 2.45) is 7.05 Å². The van der Waals surface area contributed by atoms with Gasteiger partial charge < -0.3 is 5.32 Å². The summed E-state index contributed by atoms with van der Waals surface area (Å²) >= 11 is 3.33. The highest BCUT2D eigenvalue weighted by atomic mass is 79.9. The molecule has 138 valence electrons. The van der Waals surface area contributed by atoms with Crippen LogP contribution in [-0.2, 0) is 7.05 Å². The van der Waals surface area contributed by atoms with Gasteiger partial charge in [0.15, 0.2) is 0 Å². The van der Waals surface area contributed by atoms with Gasteiger partial charge in [0.1, 0.15) is 5.82 Å². The van der Waals surface area contributed by atoms with Crippen LogP contribution in [0.15, 0.2) is 56.5 Å². The second-order valence-corrected chi connectivity index (χ2v) is 6.71. The predicted molar refractivity (Wildman–Crippen MR) is 102 cm³/mol. The van der Waals surface area contributed by atoms with E-state index in [0.29, 0.717) is 5.69 Å². The number of amides is 1. The van der Waals surface area contributed by atoms with E-state index in [1.807, 2.05) is 0 Å². The molecule has 0 aliphatic carbocycles. The van der Waals surface area contributed by atoms with E-state index in [0.717, 1.165) is 31.4 Å². The van der Waals surface area contributed by atoms with Crippen LogP contribution in [0.25, 0.3) is 5.69 Å². The number of hydrogen-bond acceptors (Lipinski definition) is 4. The highest BCUT2D eigenvalue weighted by molar-refractivity contribution is 9.10. The fraction of sp³-hybridized carbons (Fsp3) is 0.111. The third kappa shape index (κ3) is 3.72. The van der Waals surface area contributed by atoms with Gasteiger partial charge in [-0.05, 0) is 55.0 Å². The summed E-state index contributed by atoms with van der Waals surface area (Å²) in [4.78, 5) is 37.3. The minimum atomic E-state index is -0.828. The van der Waals surface area contributed by atoms with Gasteiger partial charge in [0, 0.05) is 17.2 Å². The molecule has 1 N–H and O–H groups in total. The zero-order chi connectivity index (χ0) is 19.7. The Morgan fingerprint density at radius 2 is 1.81 bits per heavy atom. The van der Waals surface area contributed by atoms with Crippen molar-refractivity contribution in [3.63, 3.8) is 0 Å². The van der Waals surface area contributed by atoms with Crippen LogP contribution in [0, 0.1) is 12.7 Å². The maximum absolute atomic E-state index is 13.1. The van der Waals surface area contributed by atoms with Gasteiger partial charge >= 0.3 is 5.69 Å². The number of nitrogens with zero attached hydrogens (tertiary/aromatic N) is 3. The Balaban J connectivity index is 2.07. The van der Waals surface area contributed by atoms with Crippen molar-refractivity contribution < 1.29 is 9.18 Å². The van der Waals surface area contributed by atoms with Gasteiger partial charge in [0.2, 0.25) is 5.69 Å². The Labute approximate surface area is 161 Å². The summed E-state index contributed by atoms with van der Waals surface area (Å²) in [5, 5.41) is 6.52. The molecule has 0 saturated heterocycles. The number of halogens is 2. The highest BCUT2D eigenvalue weighted by Gasteiger charge is 2.19. The van der Waals surface area contributed by atoms with Crippen LogP contribution in [0.5, 0.6) is 0 Å². The normalized spacial score (nSPS) is 10.7. The maximum atomic E-state index is 13.1. The number of aromatic nitrogens is 3. The smallest absolute Gasteiger partial charge is 0.320 e. The first kappa shape index (κ1) is 18.7. The van der Waals surface area contributed by atoms with Gasteiger partial charge in [-0.2, -0.15) is 9.78 Å². The number of carbonyl (C=O) groups is 1. The fourth-order valence-electron chi connectivity index (χ4n) is 2.42. The van der Waals surface area contributed by atoms with Crippen molar-refractivity contribution in [2.75, 3.05) is 5.32 Å². The number of rotatable bonds is 3. The van der Waals surface area contributed by atoms with Crippen molar-refractivity contribution >= 4 is 27.5 Å². The second kappa shape index (κ2) is 7.28. The van der Waals surface area contributed by atoms with E-state index < -0.39 is 28.7 Å². The molecular formula is C18H14BrFN4O3. The van der Waals surface area contributed by atoms with Crippen molar-refractivity contribution in [3.05, 3.63) is 84.8 Å². The fourth-order valence-corrected chi connectivity index (χ4v) is 2.89. The summed E-state index contributed by atoms with van der Waals surface area (Å²) in [6, 6.07) is 10.2. The summed E-state index contributed by atoms with van der Waals surface area (Å²) in [6.45, 7) is 1.80. The predicted octanol–water partition coefficient (Wildman–Crippen LogP) is 2.39. The molecule has 2 aromatic carbocycles. The number of benzene rings is 2. The van der Waals surface area contributed by atoms with Gasteiger partial charge in [-0.15, -0.1) is 0 Å². The lowest BCUT2D eigenvalue weighted by atomic mass is 10.2. The van der Waals surface area contributed by atoms with Gasteiger partial charge in [-0.3, -0.25) is 14.2 Å². The Hall–Kier alpha value is -3.07. The van der Waals surface area contributed by atoms with Gasteiger partial charge in [0.05, 0.1) is 5.69 Å². The molecule has 0 spiro atoms. The largest absolute Gasteiger partial charge is 0.351 e. The van der Waals surface area contributed by atoms with Crippen LogP contribution in [0.4, 0.5) is 10.1 Å². The molecule has 0 bridgehead atoms. The first-order valence-electron chi connectivity index (χ1n) is 7.81. The van der Waals surface area contributed by atoms with Crippen LogP contribution in [0.3, 0.4) is 0 Å². The maximum Gasteiger partial charge on any atom is 0.351 e. The molecule has 1 amide bonds. The Morgan fingerprint density at radius 3 is 2.44 bits per heavy atom. The second-order valence-electron chi connectivity index (χ2n) is 5.80. The van der Waals surface area contributed by atoms with Gasteiger partial charge in [0.25, 0.3) is 11.5 Å². The summed E-state index contributed by atoms with van der Waals surface area (Å²) in [7, 11) is 1.24. The molecule has 0 aliphatic rings. The highest BCUT2D eigenvalue weighted by Crippen LogP contribution is 2.20. The van der Waals surface area contributed by atoms with Gasteiger partial charge in [-0.25, -0.2) is 9.18 Å². The van der Waals surface area contributed by atoms with Crippen LogP contribution in [0.2, 0.25) is 0 Å². The Kier molecular flexibility index (Phi) is 5.04. The van der Waals surface area contributed by atoms with Crippen molar-refractivity contribution in [1.82, 2.24) is 14.3 Å². The summed E-state index contributed by atoms with van der Waals surface area (Å²) in [5.41, 5.74) is -0.517. The minimum Gasteiger partial charge on any atom is -0.320 e. The van der Waals surface area contributed by atoms with E-state index in [1.54, 1.807) is 25.1 Å². The lowest BCUT2D eigenvalue weighted by Crippen LogP contribution is -2.43. The van der Waals surface area contributed by atoms with E-state index in [2.05, 4.69) is 26.3 Å². The topological polar surface area (TPSA) is 86.0 Å². The van der Waals surface area contributed by atoms with E-state index in [4.69, 9.17) is 0 Å².